The maximum absolute atomic E-state index is 11.1. The third-order valence-corrected chi connectivity index (χ3v) is 6.86. The van der Waals surface area contributed by atoms with Gasteiger partial charge in [-0.15, -0.1) is 11.3 Å². The van der Waals surface area contributed by atoms with Crippen molar-refractivity contribution >= 4 is 23.0 Å². The van der Waals surface area contributed by atoms with Crippen LogP contribution in [0.15, 0.2) is 23.6 Å². The van der Waals surface area contributed by atoms with Crippen molar-refractivity contribution in [2.24, 2.45) is 11.8 Å². The molecule has 9 nitrogen and oxygen atoms in total. The van der Waals surface area contributed by atoms with E-state index in [-0.39, 0.29) is 35.4 Å². The molecule has 2 heterocycles. The Morgan fingerprint density at radius 2 is 2.23 bits per heavy atom. The van der Waals surface area contributed by atoms with Crippen LogP contribution < -0.4 is 4.74 Å². The van der Waals surface area contributed by atoms with E-state index in [1.807, 2.05) is 0 Å². The van der Waals surface area contributed by atoms with Crippen LogP contribution in [0, 0.1) is 28.9 Å². The summed E-state index contributed by atoms with van der Waals surface area (Å²) in [6, 6.07) is 4.62. The Balaban J connectivity index is 1.38. The van der Waals surface area contributed by atoms with Crippen molar-refractivity contribution in [1.82, 2.24) is 4.98 Å². The minimum atomic E-state index is -1.05. The summed E-state index contributed by atoms with van der Waals surface area (Å²) in [6.07, 6.45) is 1.06. The number of ether oxygens (including phenoxy) is 2. The number of aliphatic hydroxyl groups excluding tert-OH is 1. The van der Waals surface area contributed by atoms with Crippen molar-refractivity contribution in [2.75, 3.05) is 6.61 Å². The lowest BCUT2D eigenvalue weighted by atomic mass is 9.87. The maximum atomic E-state index is 11.1. The fourth-order valence-corrected chi connectivity index (χ4v) is 5.26. The molecule has 0 bridgehead atoms. The lowest BCUT2D eigenvalue weighted by Crippen LogP contribution is -2.33. The summed E-state index contributed by atoms with van der Waals surface area (Å²) in [5.74, 6) is -0.486. The summed E-state index contributed by atoms with van der Waals surface area (Å²) >= 11 is 1.28. The van der Waals surface area contributed by atoms with Crippen LogP contribution in [-0.2, 0) is 4.74 Å². The molecular weight excluding hydrogens is 412 g/mol. The molecule has 1 aromatic heterocycles. The molecule has 1 aliphatic carbocycles. The molecule has 30 heavy (non-hydrogen) atoms. The molecule has 10 heteroatoms. The minimum absolute atomic E-state index is 0.0249. The zero-order chi connectivity index (χ0) is 21.4. The van der Waals surface area contributed by atoms with E-state index in [2.05, 4.69) is 4.98 Å². The molecule has 2 N–H and O–H groups in total. The van der Waals surface area contributed by atoms with E-state index in [1.54, 1.807) is 19.1 Å². The Hall–Kier alpha value is -2.56. The van der Waals surface area contributed by atoms with Crippen molar-refractivity contribution < 1.29 is 29.4 Å². The summed E-state index contributed by atoms with van der Waals surface area (Å²) < 4.78 is 12.0. The van der Waals surface area contributed by atoms with Crippen molar-refractivity contribution in [3.63, 3.8) is 0 Å². The van der Waals surface area contributed by atoms with E-state index in [0.29, 0.717) is 35.8 Å². The topological polar surface area (TPSA) is 132 Å². The zero-order valence-electron chi connectivity index (χ0n) is 16.3. The molecule has 0 radical (unpaired) electrons. The number of hydrogen-bond donors (Lipinski definition) is 2. The van der Waals surface area contributed by atoms with Crippen LogP contribution in [-0.4, -0.2) is 44.9 Å². The Bertz CT molecular complexity index is 962. The summed E-state index contributed by atoms with van der Waals surface area (Å²) in [5.41, 5.74) is 0.593. The second-order valence-corrected chi connectivity index (χ2v) is 8.65. The van der Waals surface area contributed by atoms with Crippen molar-refractivity contribution in [1.29, 1.82) is 0 Å². The number of thiazole rings is 1. The van der Waals surface area contributed by atoms with Gasteiger partial charge in [-0.05, 0) is 37.8 Å². The Kier molecular flexibility index (Phi) is 5.72. The molecule has 0 amide bonds. The third-order valence-electron chi connectivity index (χ3n) is 5.92. The van der Waals surface area contributed by atoms with E-state index < -0.39 is 17.0 Å². The summed E-state index contributed by atoms with van der Waals surface area (Å²) in [5, 5.41) is 32.7. The summed E-state index contributed by atoms with van der Waals surface area (Å²) in [7, 11) is 0. The van der Waals surface area contributed by atoms with Crippen LogP contribution in [0.3, 0.4) is 0 Å². The molecule has 5 atom stereocenters. The number of aliphatic hydroxyl groups is 1. The molecule has 2 aromatic rings. The Labute approximate surface area is 176 Å². The number of rotatable bonds is 6. The molecule has 1 aromatic carbocycles. The molecule has 2 fully saturated rings. The number of benzene rings is 1. The van der Waals surface area contributed by atoms with Crippen molar-refractivity contribution in [2.45, 2.75) is 44.5 Å². The predicted octanol–water partition coefficient (Wildman–Crippen LogP) is 3.35. The number of carbonyl (C=O) groups is 1. The average Bonchev–Trinajstić information content (AvgIpc) is 3.30. The van der Waals surface area contributed by atoms with Crippen molar-refractivity contribution in [3.05, 3.63) is 50.0 Å². The number of fused-ring (bicyclic) bond motifs is 1. The summed E-state index contributed by atoms with van der Waals surface area (Å²) in [6.45, 7) is 1.96. The fourth-order valence-electron chi connectivity index (χ4n) is 4.39. The maximum Gasteiger partial charge on any atom is 0.355 e. The van der Waals surface area contributed by atoms with Crippen LogP contribution in [0.4, 0.5) is 5.69 Å². The van der Waals surface area contributed by atoms with Gasteiger partial charge < -0.3 is 19.7 Å². The number of nitrogens with zero attached hydrogens (tertiary/aromatic N) is 2. The molecule has 2 aliphatic rings. The number of aromatic carboxylic acids is 1. The standard InChI is InChI=1S/C20H22N2O7S/c1-10-6-11(2-4-15(10)22(26)27)28-8-13-12-3-5-17(29-18(12)7-16(13)23)19-21-14(9-30-19)20(24)25/h2,4,6,9,12-13,16-18,23H,3,5,7-8H2,1H3,(H,24,25)/t12-,13-,16-,17-,18+/m1/s1. The average molecular weight is 434 g/mol. The van der Waals surface area contributed by atoms with Crippen LogP contribution in [0.25, 0.3) is 0 Å². The highest BCUT2D eigenvalue weighted by atomic mass is 32.1. The lowest BCUT2D eigenvalue weighted by Gasteiger charge is -2.33. The first-order valence-corrected chi connectivity index (χ1v) is 10.6. The number of nitro benzene ring substituents is 1. The van der Waals surface area contributed by atoms with Gasteiger partial charge in [0.05, 0.1) is 23.7 Å². The molecule has 0 unspecified atom stereocenters. The highest BCUT2D eigenvalue weighted by molar-refractivity contribution is 7.09. The summed E-state index contributed by atoms with van der Waals surface area (Å²) in [4.78, 5) is 25.7. The van der Waals surface area contributed by atoms with Crippen LogP contribution in [0.2, 0.25) is 0 Å². The van der Waals surface area contributed by atoms with Gasteiger partial charge >= 0.3 is 5.97 Å². The van der Waals surface area contributed by atoms with E-state index in [1.165, 1.54) is 22.8 Å². The number of aryl methyl sites for hydroxylation is 1. The number of carboxylic acid groups (broad SMARTS) is 1. The molecule has 1 aliphatic heterocycles. The molecular formula is C20H22N2O7S. The second-order valence-electron chi connectivity index (χ2n) is 7.76. The first-order valence-electron chi connectivity index (χ1n) is 9.73. The van der Waals surface area contributed by atoms with Gasteiger partial charge in [0.15, 0.2) is 5.69 Å². The van der Waals surface area contributed by atoms with Gasteiger partial charge in [0, 0.05) is 29.3 Å². The number of hydrogen-bond acceptors (Lipinski definition) is 8. The normalized spacial score (nSPS) is 28.1. The van der Waals surface area contributed by atoms with Gasteiger partial charge in [-0.2, -0.15) is 0 Å². The van der Waals surface area contributed by atoms with Gasteiger partial charge in [-0.3, -0.25) is 10.1 Å². The molecule has 1 saturated heterocycles. The Morgan fingerprint density at radius 1 is 1.43 bits per heavy atom. The zero-order valence-corrected chi connectivity index (χ0v) is 17.1. The van der Waals surface area contributed by atoms with E-state index in [4.69, 9.17) is 14.6 Å². The first-order chi connectivity index (χ1) is 14.3. The van der Waals surface area contributed by atoms with Gasteiger partial charge in [-0.1, -0.05) is 0 Å². The minimum Gasteiger partial charge on any atom is -0.493 e. The van der Waals surface area contributed by atoms with Crippen LogP contribution >= 0.6 is 11.3 Å². The molecule has 1 saturated carbocycles. The first kappa shape index (κ1) is 20.7. The number of nitro groups is 1. The second kappa shape index (κ2) is 8.29. The number of aromatic nitrogens is 1. The smallest absolute Gasteiger partial charge is 0.355 e. The lowest BCUT2D eigenvalue weighted by molar-refractivity contribution is -0.385. The molecule has 4 rings (SSSR count). The van der Waals surface area contributed by atoms with Gasteiger partial charge in [0.25, 0.3) is 5.69 Å². The molecule has 0 spiro atoms. The van der Waals surface area contributed by atoms with E-state index in [0.717, 1.165) is 6.42 Å². The van der Waals surface area contributed by atoms with Gasteiger partial charge in [0.1, 0.15) is 16.9 Å². The van der Waals surface area contributed by atoms with Crippen molar-refractivity contribution in [3.8, 4) is 5.75 Å². The highest BCUT2D eigenvalue weighted by Gasteiger charge is 2.47. The SMILES string of the molecule is Cc1cc(OC[C@@H]2[C@H]3CC[C@H](c4nc(C(=O)O)cs4)O[C@H]3C[C@H]2O)ccc1[N+](=O)[O-]. The van der Waals surface area contributed by atoms with E-state index in [9.17, 15) is 20.0 Å². The van der Waals surface area contributed by atoms with Gasteiger partial charge in [-0.25, -0.2) is 9.78 Å². The highest BCUT2D eigenvalue weighted by Crippen LogP contribution is 2.46. The van der Waals surface area contributed by atoms with E-state index >= 15 is 0 Å². The quantitative estimate of drug-likeness (QED) is 0.522. The Morgan fingerprint density at radius 3 is 2.90 bits per heavy atom. The fraction of sp³-hybridized carbons (Fsp3) is 0.500. The van der Waals surface area contributed by atoms with Crippen LogP contribution in [0.5, 0.6) is 5.75 Å². The predicted molar refractivity (Wildman–Crippen MR) is 107 cm³/mol. The third kappa shape index (κ3) is 4.03. The van der Waals surface area contributed by atoms with Crippen LogP contribution in [0.1, 0.15) is 46.4 Å². The largest absolute Gasteiger partial charge is 0.493 e. The monoisotopic (exact) mass is 434 g/mol. The number of carboxylic acids is 1. The molecule has 160 valence electrons. The van der Waals surface area contributed by atoms with Gasteiger partial charge in [0.2, 0.25) is 0 Å².